The molecule has 1 aromatic carbocycles. The topological polar surface area (TPSA) is 26.0 Å². The van der Waals surface area contributed by atoms with Crippen LogP contribution in [0.3, 0.4) is 0 Å². The Morgan fingerprint density at radius 3 is 2.44 bits per heavy atom. The Morgan fingerprint density at radius 2 is 1.83 bits per heavy atom. The van der Waals surface area contributed by atoms with Gasteiger partial charge in [0, 0.05) is 20.7 Å². The standard InChI is InChI=1S/C15H20BrNS/c16-12-5-1-2-6-13(12)18-15(11-17)9-14(10-15)7-3-4-8-14/h1-2,5-6H,3-4,7-11,17H2. The van der Waals surface area contributed by atoms with Crippen molar-refractivity contribution in [3.05, 3.63) is 28.7 Å². The molecule has 0 amide bonds. The minimum Gasteiger partial charge on any atom is -0.329 e. The zero-order valence-electron chi connectivity index (χ0n) is 10.6. The van der Waals surface area contributed by atoms with Crippen molar-refractivity contribution < 1.29 is 0 Å². The monoisotopic (exact) mass is 325 g/mol. The minimum absolute atomic E-state index is 0.300. The van der Waals surface area contributed by atoms with Gasteiger partial charge in [0.25, 0.3) is 0 Å². The number of hydrogen-bond donors (Lipinski definition) is 1. The van der Waals surface area contributed by atoms with Crippen molar-refractivity contribution in [1.82, 2.24) is 0 Å². The lowest BCUT2D eigenvalue weighted by atomic mass is 9.60. The molecule has 0 aliphatic heterocycles. The third-order valence-electron chi connectivity index (χ3n) is 4.59. The summed E-state index contributed by atoms with van der Waals surface area (Å²) in [6, 6.07) is 8.51. The molecule has 0 unspecified atom stereocenters. The van der Waals surface area contributed by atoms with E-state index in [4.69, 9.17) is 5.73 Å². The summed E-state index contributed by atoms with van der Waals surface area (Å²) in [5.41, 5.74) is 6.74. The Labute approximate surface area is 122 Å². The molecule has 98 valence electrons. The first-order valence-corrected chi connectivity index (χ1v) is 8.42. The van der Waals surface area contributed by atoms with Crippen LogP contribution in [0.25, 0.3) is 0 Å². The highest BCUT2D eigenvalue weighted by Gasteiger charge is 2.54. The molecular formula is C15H20BrNS. The summed E-state index contributed by atoms with van der Waals surface area (Å²) in [6.45, 7) is 0.806. The SMILES string of the molecule is NCC1(Sc2ccccc2Br)CC2(CCCC2)C1. The highest BCUT2D eigenvalue weighted by molar-refractivity contribution is 9.10. The molecule has 3 rings (SSSR count). The lowest BCUT2D eigenvalue weighted by Gasteiger charge is -2.54. The van der Waals surface area contributed by atoms with Crippen LogP contribution >= 0.6 is 27.7 Å². The number of hydrogen-bond acceptors (Lipinski definition) is 2. The van der Waals surface area contributed by atoms with Gasteiger partial charge in [-0.15, -0.1) is 11.8 Å². The molecule has 2 N–H and O–H groups in total. The van der Waals surface area contributed by atoms with Gasteiger partial charge in [-0.25, -0.2) is 0 Å². The number of rotatable bonds is 3. The van der Waals surface area contributed by atoms with E-state index >= 15 is 0 Å². The molecule has 0 radical (unpaired) electrons. The fraction of sp³-hybridized carbons (Fsp3) is 0.600. The molecular weight excluding hydrogens is 306 g/mol. The summed E-state index contributed by atoms with van der Waals surface area (Å²) < 4.78 is 1.50. The zero-order valence-corrected chi connectivity index (χ0v) is 13.0. The molecule has 0 atom stereocenters. The number of halogens is 1. The summed E-state index contributed by atoms with van der Waals surface area (Å²) in [7, 11) is 0. The second-order valence-electron chi connectivity index (χ2n) is 5.98. The van der Waals surface area contributed by atoms with E-state index in [9.17, 15) is 0 Å². The van der Waals surface area contributed by atoms with Crippen molar-refractivity contribution in [1.29, 1.82) is 0 Å². The van der Waals surface area contributed by atoms with Crippen LogP contribution in [-0.4, -0.2) is 11.3 Å². The molecule has 0 bridgehead atoms. The van der Waals surface area contributed by atoms with Crippen LogP contribution in [0.2, 0.25) is 0 Å². The minimum atomic E-state index is 0.300. The first kappa shape index (κ1) is 13.0. The third kappa shape index (κ3) is 2.25. The van der Waals surface area contributed by atoms with Crippen molar-refractivity contribution in [3.8, 4) is 0 Å². The second kappa shape index (κ2) is 4.84. The Morgan fingerprint density at radius 1 is 1.17 bits per heavy atom. The number of nitrogens with two attached hydrogens (primary N) is 1. The van der Waals surface area contributed by atoms with Crippen LogP contribution in [0.5, 0.6) is 0 Å². The van der Waals surface area contributed by atoms with Gasteiger partial charge in [-0.05, 0) is 59.2 Å². The van der Waals surface area contributed by atoms with Gasteiger partial charge in [-0.1, -0.05) is 25.0 Å². The van der Waals surface area contributed by atoms with Crippen LogP contribution in [0.15, 0.2) is 33.6 Å². The molecule has 0 heterocycles. The van der Waals surface area contributed by atoms with Crippen molar-refractivity contribution in [3.63, 3.8) is 0 Å². The highest BCUT2D eigenvalue weighted by Crippen LogP contribution is 2.63. The van der Waals surface area contributed by atoms with Gasteiger partial charge in [0.05, 0.1) is 0 Å². The molecule has 1 aromatic rings. The molecule has 2 saturated carbocycles. The highest BCUT2D eigenvalue weighted by atomic mass is 79.9. The van der Waals surface area contributed by atoms with E-state index in [2.05, 4.69) is 40.2 Å². The van der Waals surface area contributed by atoms with E-state index in [0.29, 0.717) is 10.2 Å². The predicted molar refractivity (Wildman–Crippen MR) is 81.9 cm³/mol. The molecule has 1 spiro atoms. The van der Waals surface area contributed by atoms with Crippen LogP contribution in [0.1, 0.15) is 38.5 Å². The van der Waals surface area contributed by atoms with Gasteiger partial charge in [0.2, 0.25) is 0 Å². The van der Waals surface area contributed by atoms with E-state index in [-0.39, 0.29) is 0 Å². The van der Waals surface area contributed by atoms with Crippen LogP contribution in [0.4, 0.5) is 0 Å². The van der Waals surface area contributed by atoms with Crippen molar-refractivity contribution in [2.75, 3.05) is 6.54 Å². The third-order valence-corrected chi connectivity index (χ3v) is 7.01. The van der Waals surface area contributed by atoms with Crippen molar-refractivity contribution in [2.24, 2.45) is 11.1 Å². The average molecular weight is 326 g/mol. The van der Waals surface area contributed by atoms with Crippen molar-refractivity contribution in [2.45, 2.75) is 48.2 Å². The second-order valence-corrected chi connectivity index (χ2v) is 8.34. The molecule has 2 aliphatic rings. The Kier molecular flexibility index (Phi) is 3.50. The summed E-state index contributed by atoms with van der Waals surface area (Å²) >= 11 is 5.64. The van der Waals surface area contributed by atoms with Crippen LogP contribution in [0, 0.1) is 5.41 Å². The van der Waals surface area contributed by atoms with E-state index in [1.807, 2.05) is 11.8 Å². The maximum Gasteiger partial charge on any atom is 0.0340 e. The van der Waals surface area contributed by atoms with E-state index in [1.54, 1.807) is 0 Å². The Hall–Kier alpha value is 0.01000. The summed E-state index contributed by atoms with van der Waals surface area (Å²) in [5, 5.41) is 0. The lowest BCUT2D eigenvalue weighted by molar-refractivity contribution is 0.0935. The first-order valence-electron chi connectivity index (χ1n) is 6.81. The molecule has 18 heavy (non-hydrogen) atoms. The summed E-state index contributed by atoms with van der Waals surface area (Å²) in [5.74, 6) is 0. The smallest absolute Gasteiger partial charge is 0.0340 e. The normalized spacial score (nSPS) is 24.1. The number of thioether (sulfide) groups is 1. The molecule has 0 saturated heterocycles. The van der Waals surface area contributed by atoms with Gasteiger partial charge in [-0.2, -0.15) is 0 Å². The van der Waals surface area contributed by atoms with Crippen LogP contribution in [-0.2, 0) is 0 Å². The quantitative estimate of drug-likeness (QED) is 0.879. The fourth-order valence-electron chi connectivity index (χ4n) is 3.81. The fourth-order valence-corrected chi connectivity index (χ4v) is 5.96. The van der Waals surface area contributed by atoms with Gasteiger partial charge in [0.15, 0.2) is 0 Å². The van der Waals surface area contributed by atoms with Gasteiger partial charge < -0.3 is 5.73 Å². The maximum atomic E-state index is 6.08. The van der Waals surface area contributed by atoms with Crippen LogP contribution < -0.4 is 5.73 Å². The van der Waals surface area contributed by atoms with E-state index in [0.717, 1.165) is 6.54 Å². The Bertz CT molecular complexity index is 432. The molecule has 3 heteroatoms. The van der Waals surface area contributed by atoms with Crippen molar-refractivity contribution >= 4 is 27.7 Å². The Balaban J connectivity index is 1.73. The average Bonchev–Trinajstić information content (AvgIpc) is 2.80. The number of benzene rings is 1. The predicted octanol–water partition coefficient (Wildman–Crippen LogP) is 4.59. The molecule has 0 aromatic heterocycles. The summed E-state index contributed by atoms with van der Waals surface area (Å²) in [4.78, 5) is 1.34. The zero-order chi connectivity index (χ0) is 12.6. The first-order chi connectivity index (χ1) is 8.67. The maximum absolute atomic E-state index is 6.08. The molecule has 2 fully saturated rings. The van der Waals surface area contributed by atoms with Gasteiger partial charge in [0.1, 0.15) is 0 Å². The largest absolute Gasteiger partial charge is 0.329 e. The molecule has 2 aliphatic carbocycles. The molecule has 1 nitrogen and oxygen atoms in total. The van der Waals surface area contributed by atoms with E-state index in [1.165, 1.54) is 47.9 Å². The summed E-state index contributed by atoms with van der Waals surface area (Å²) in [6.07, 6.45) is 8.38. The van der Waals surface area contributed by atoms with Gasteiger partial charge in [-0.3, -0.25) is 0 Å². The lowest BCUT2D eigenvalue weighted by Crippen LogP contribution is -2.52. The van der Waals surface area contributed by atoms with E-state index < -0.39 is 0 Å². The van der Waals surface area contributed by atoms with Gasteiger partial charge >= 0.3 is 0 Å².